The predicted octanol–water partition coefficient (Wildman–Crippen LogP) is 4.71. The van der Waals surface area contributed by atoms with Gasteiger partial charge in [-0.05, 0) is 60.2 Å². The molecule has 0 bridgehead atoms. The number of nitrogens with zero attached hydrogens (tertiary/aromatic N) is 4. The quantitative estimate of drug-likeness (QED) is 0.373. The predicted molar refractivity (Wildman–Crippen MR) is 143 cm³/mol. The Labute approximate surface area is 223 Å². The monoisotopic (exact) mass is 583 g/mol. The topological polar surface area (TPSA) is 79.2 Å². The van der Waals surface area contributed by atoms with Crippen LogP contribution in [0.15, 0.2) is 35.1 Å². The number of hydrogen-bond donors (Lipinski definition) is 1. The van der Waals surface area contributed by atoms with Crippen molar-refractivity contribution in [3.8, 4) is 5.75 Å². The molecular weight excluding hydrogens is 557 g/mol. The highest BCUT2D eigenvalue weighted by Crippen LogP contribution is 2.35. The van der Waals surface area contributed by atoms with Gasteiger partial charge in [0.15, 0.2) is 11.4 Å². The number of carbonyl (C=O) groups excluding carboxylic acids is 2. The first-order valence-electron chi connectivity index (χ1n) is 11.2. The molecule has 0 saturated heterocycles. The SMILES string of the molecule is CCN(CC)CC(=O)NCC(=O)N(C)c1ccc(Cl)c(COc2cccn3c(Br)c(C)nc23)c1Cl. The fourth-order valence-electron chi connectivity index (χ4n) is 3.50. The summed E-state index contributed by atoms with van der Waals surface area (Å²) in [6, 6.07) is 7.01. The number of carbonyl (C=O) groups is 2. The zero-order chi connectivity index (χ0) is 25.7. The minimum atomic E-state index is -0.309. The van der Waals surface area contributed by atoms with Crippen LogP contribution in [-0.4, -0.2) is 59.3 Å². The molecule has 3 rings (SSSR count). The van der Waals surface area contributed by atoms with Crippen LogP contribution in [0.4, 0.5) is 5.69 Å². The third kappa shape index (κ3) is 6.27. The largest absolute Gasteiger partial charge is 0.485 e. The Morgan fingerprint density at radius 3 is 2.60 bits per heavy atom. The van der Waals surface area contributed by atoms with Gasteiger partial charge in [0.2, 0.25) is 11.8 Å². The highest BCUT2D eigenvalue weighted by atomic mass is 79.9. The molecule has 0 aliphatic rings. The van der Waals surface area contributed by atoms with Gasteiger partial charge in [-0.15, -0.1) is 0 Å². The molecule has 11 heteroatoms. The Morgan fingerprint density at radius 2 is 1.91 bits per heavy atom. The summed E-state index contributed by atoms with van der Waals surface area (Å²) < 4.78 is 8.76. The van der Waals surface area contributed by atoms with E-state index in [4.69, 9.17) is 27.9 Å². The molecule has 188 valence electrons. The van der Waals surface area contributed by atoms with Gasteiger partial charge in [0.1, 0.15) is 11.2 Å². The van der Waals surface area contributed by atoms with Crippen LogP contribution in [-0.2, 0) is 16.2 Å². The van der Waals surface area contributed by atoms with E-state index in [1.807, 2.05) is 48.4 Å². The highest BCUT2D eigenvalue weighted by Gasteiger charge is 2.20. The molecule has 0 aliphatic heterocycles. The molecule has 1 N–H and O–H groups in total. The summed E-state index contributed by atoms with van der Waals surface area (Å²) in [6.07, 6.45) is 1.88. The van der Waals surface area contributed by atoms with E-state index in [1.54, 1.807) is 19.2 Å². The van der Waals surface area contributed by atoms with Gasteiger partial charge in [0, 0.05) is 23.8 Å². The van der Waals surface area contributed by atoms with E-state index in [0.717, 1.165) is 23.4 Å². The summed E-state index contributed by atoms with van der Waals surface area (Å²) in [5.41, 5.74) is 2.51. The van der Waals surface area contributed by atoms with Gasteiger partial charge in [0.25, 0.3) is 0 Å². The van der Waals surface area contributed by atoms with Crippen molar-refractivity contribution in [3.05, 3.63) is 56.4 Å². The Hall–Kier alpha value is -2.33. The third-order valence-corrected chi connectivity index (χ3v) is 7.42. The molecule has 2 aromatic heterocycles. The first kappa shape index (κ1) is 27.3. The number of likely N-dealkylation sites (N-methyl/N-ethyl adjacent to an activating group) is 2. The Morgan fingerprint density at radius 1 is 1.20 bits per heavy atom. The normalized spacial score (nSPS) is 11.2. The molecule has 0 aliphatic carbocycles. The van der Waals surface area contributed by atoms with E-state index >= 15 is 0 Å². The average Bonchev–Trinajstić information content (AvgIpc) is 3.14. The van der Waals surface area contributed by atoms with Gasteiger partial charge in [-0.1, -0.05) is 37.0 Å². The smallest absolute Gasteiger partial charge is 0.246 e. The molecule has 0 fully saturated rings. The minimum Gasteiger partial charge on any atom is -0.485 e. The van der Waals surface area contributed by atoms with E-state index in [9.17, 15) is 9.59 Å². The van der Waals surface area contributed by atoms with Crippen molar-refractivity contribution in [2.45, 2.75) is 27.4 Å². The van der Waals surface area contributed by atoms with E-state index in [2.05, 4.69) is 26.2 Å². The molecule has 0 saturated carbocycles. The lowest BCUT2D eigenvalue weighted by Crippen LogP contribution is -2.42. The molecule has 2 heterocycles. The molecular formula is C24H28BrCl2N5O3. The Balaban J connectivity index is 1.72. The number of aryl methyl sites for hydroxylation is 1. The van der Waals surface area contributed by atoms with Crippen LogP contribution < -0.4 is 15.0 Å². The fraction of sp³-hybridized carbons (Fsp3) is 0.375. The van der Waals surface area contributed by atoms with Crippen molar-refractivity contribution < 1.29 is 14.3 Å². The molecule has 0 spiro atoms. The zero-order valence-corrected chi connectivity index (χ0v) is 23.2. The first-order valence-corrected chi connectivity index (χ1v) is 12.7. The van der Waals surface area contributed by atoms with Crippen LogP contribution >= 0.6 is 39.1 Å². The van der Waals surface area contributed by atoms with Crippen LogP contribution in [0.2, 0.25) is 10.0 Å². The van der Waals surface area contributed by atoms with Gasteiger partial charge < -0.3 is 15.0 Å². The standard InChI is InChI=1S/C24H28BrCl2N5O3/c1-5-31(6-2)13-20(33)28-12-21(34)30(4)18-10-9-17(26)16(22(18)27)14-35-19-8-7-11-32-23(25)15(3)29-24(19)32/h7-11H,5-6,12-14H2,1-4H3,(H,28,33). The van der Waals surface area contributed by atoms with Crippen molar-refractivity contribution in [1.29, 1.82) is 0 Å². The van der Waals surface area contributed by atoms with Crippen LogP contribution in [0.25, 0.3) is 5.65 Å². The van der Waals surface area contributed by atoms with Gasteiger partial charge >= 0.3 is 0 Å². The number of benzene rings is 1. The molecule has 0 radical (unpaired) electrons. The number of rotatable bonds is 10. The van der Waals surface area contributed by atoms with Gasteiger partial charge in [-0.25, -0.2) is 4.98 Å². The van der Waals surface area contributed by atoms with Crippen LogP contribution in [0, 0.1) is 6.92 Å². The minimum absolute atomic E-state index is 0.0807. The number of amides is 2. The molecule has 2 amide bonds. The molecule has 0 atom stereocenters. The Kier molecular flexibility index (Phi) is 9.40. The van der Waals surface area contributed by atoms with Crippen molar-refractivity contribution in [1.82, 2.24) is 19.6 Å². The summed E-state index contributed by atoms with van der Waals surface area (Å²) in [7, 11) is 1.60. The van der Waals surface area contributed by atoms with E-state index in [1.165, 1.54) is 4.90 Å². The van der Waals surface area contributed by atoms with Crippen LogP contribution in [0.1, 0.15) is 25.1 Å². The van der Waals surface area contributed by atoms with Crippen molar-refractivity contribution in [3.63, 3.8) is 0 Å². The summed E-state index contributed by atoms with van der Waals surface area (Å²) in [5, 5.41) is 3.39. The maximum atomic E-state index is 12.7. The third-order valence-electron chi connectivity index (χ3n) is 5.69. The number of imidazole rings is 1. The number of pyridine rings is 1. The maximum Gasteiger partial charge on any atom is 0.246 e. The number of hydrogen-bond acceptors (Lipinski definition) is 5. The van der Waals surface area contributed by atoms with Crippen LogP contribution in [0.5, 0.6) is 5.75 Å². The highest BCUT2D eigenvalue weighted by molar-refractivity contribution is 9.10. The van der Waals surface area contributed by atoms with Gasteiger partial charge in [-0.3, -0.25) is 18.9 Å². The molecule has 3 aromatic rings. The number of ether oxygens (including phenoxy) is 1. The van der Waals surface area contributed by atoms with Gasteiger partial charge in [-0.2, -0.15) is 0 Å². The molecule has 1 aromatic carbocycles. The van der Waals surface area contributed by atoms with Crippen LogP contribution in [0.3, 0.4) is 0 Å². The summed E-state index contributed by atoms with van der Waals surface area (Å²) in [5.74, 6) is 0.0532. The maximum absolute atomic E-state index is 12.7. The second-order valence-electron chi connectivity index (χ2n) is 7.89. The number of nitrogens with one attached hydrogen (secondary N) is 1. The van der Waals surface area contributed by atoms with Crippen molar-refractivity contribution >= 4 is 62.3 Å². The van der Waals surface area contributed by atoms with Crippen molar-refractivity contribution in [2.24, 2.45) is 0 Å². The first-order chi connectivity index (χ1) is 16.7. The second-order valence-corrected chi connectivity index (χ2v) is 9.43. The zero-order valence-electron chi connectivity index (χ0n) is 20.1. The molecule has 0 unspecified atom stereocenters. The Bertz CT molecular complexity index is 1230. The van der Waals surface area contributed by atoms with E-state index in [0.29, 0.717) is 32.7 Å². The lowest BCUT2D eigenvalue weighted by atomic mass is 10.2. The molecule has 8 nitrogen and oxygen atoms in total. The average molecular weight is 585 g/mol. The second kappa shape index (κ2) is 12.1. The number of anilines is 1. The fourth-order valence-corrected chi connectivity index (χ4v) is 4.48. The van der Waals surface area contributed by atoms with Gasteiger partial charge in [0.05, 0.1) is 29.5 Å². The number of fused-ring (bicyclic) bond motifs is 1. The number of aromatic nitrogens is 2. The summed E-state index contributed by atoms with van der Waals surface area (Å²) in [6.45, 7) is 7.56. The lowest BCUT2D eigenvalue weighted by Gasteiger charge is -2.22. The molecule has 35 heavy (non-hydrogen) atoms. The summed E-state index contributed by atoms with van der Waals surface area (Å²) >= 11 is 16.6. The lowest BCUT2D eigenvalue weighted by molar-refractivity contribution is -0.125. The van der Waals surface area contributed by atoms with E-state index < -0.39 is 0 Å². The van der Waals surface area contributed by atoms with E-state index in [-0.39, 0.29) is 31.5 Å². The number of halogens is 3. The summed E-state index contributed by atoms with van der Waals surface area (Å²) in [4.78, 5) is 32.8. The van der Waals surface area contributed by atoms with Crippen molar-refractivity contribution in [2.75, 3.05) is 38.1 Å².